The number of hydrogen-bond donors (Lipinski definition) is 0. The molecule has 0 bridgehead atoms. The molecule has 138 valence electrons. The maximum Gasteiger partial charge on any atom is 0.128 e. The number of benzene rings is 2. The quantitative estimate of drug-likeness (QED) is 0.412. The third-order valence-corrected chi connectivity index (χ3v) is 4.54. The minimum atomic E-state index is 0.787. The molecule has 0 unspecified atom stereocenters. The molecule has 0 aliphatic carbocycles. The summed E-state index contributed by atoms with van der Waals surface area (Å²) in [5.74, 6) is 1.59. The van der Waals surface area contributed by atoms with Gasteiger partial charge in [0.2, 0.25) is 0 Å². The number of pyridine rings is 2. The molecule has 0 N–H and O–H groups in total. The molecule has 0 aliphatic rings. The van der Waals surface area contributed by atoms with Gasteiger partial charge in [0, 0.05) is 23.5 Å². The van der Waals surface area contributed by atoms with Crippen LogP contribution in [0.5, 0.6) is 11.5 Å². The minimum absolute atomic E-state index is 0.787. The molecule has 2 aromatic carbocycles. The van der Waals surface area contributed by atoms with E-state index in [2.05, 4.69) is 48.9 Å². The van der Waals surface area contributed by atoms with E-state index in [4.69, 9.17) is 4.74 Å². The molecule has 0 atom stereocenters. The summed E-state index contributed by atoms with van der Waals surface area (Å²) in [6, 6.07) is 22.4. The first-order chi connectivity index (χ1) is 13.6. The lowest BCUT2D eigenvalue weighted by molar-refractivity contribution is 0.482. The lowest BCUT2D eigenvalue weighted by Gasteiger charge is -2.11. The maximum absolute atomic E-state index is 6.19. The molecule has 4 aromatic rings. The number of aromatic nitrogens is 2. The minimum Gasteiger partial charge on any atom is -0.457 e. The van der Waals surface area contributed by atoms with Crippen LogP contribution in [0.3, 0.4) is 0 Å². The molecular weight excluding hydrogens is 344 g/mol. The van der Waals surface area contributed by atoms with Gasteiger partial charge in [-0.15, -0.1) is 0 Å². The highest BCUT2D eigenvalue weighted by Crippen LogP contribution is 2.30. The van der Waals surface area contributed by atoms with E-state index >= 15 is 0 Å². The summed E-state index contributed by atoms with van der Waals surface area (Å²) in [7, 11) is 0. The van der Waals surface area contributed by atoms with Gasteiger partial charge in [0.05, 0.1) is 11.4 Å². The zero-order chi connectivity index (χ0) is 19.5. The number of ether oxygens (including phenoxy) is 1. The summed E-state index contributed by atoms with van der Waals surface area (Å²) in [5.41, 5.74) is 7.49. The van der Waals surface area contributed by atoms with Crippen molar-refractivity contribution in [1.29, 1.82) is 0 Å². The Bertz CT molecular complexity index is 1130. The molecule has 0 radical (unpaired) electrons. The zero-order valence-corrected chi connectivity index (χ0v) is 16.3. The van der Waals surface area contributed by atoms with Crippen LogP contribution < -0.4 is 4.74 Å². The highest BCUT2D eigenvalue weighted by molar-refractivity contribution is 5.64. The van der Waals surface area contributed by atoms with Crippen molar-refractivity contribution in [3.05, 3.63) is 95.8 Å². The lowest BCUT2D eigenvalue weighted by Crippen LogP contribution is -1.90. The fraction of sp³-hybridized carbons (Fsp3) is 0.120. The van der Waals surface area contributed by atoms with Crippen LogP contribution in [0.25, 0.3) is 22.5 Å². The summed E-state index contributed by atoms with van der Waals surface area (Å²) in [5, 5.41) is 0. The van der Waals surface area contributed by atoms with Gasteiger partial charge in [-0.3, -0.25) is 9.97 Å². The number of hydrogen-bond acceptors (Lipinski definition) is 3. The molecule has 3 heteroatoms. The van der Waals surface area contributed by atoms with Crippen LogP contribution in [-0.2, 0) is 0 Å². The van der Waals surface area contributed by atoms with Gasteiger partial charge in [0.1, 0.15) is 11.5 Å². The van der Waals surface area contributed by atoms with Crippen molar-refractivity contribution in [2.24, 2.45) is 0 Å². The molecule has 0 aliphatic heterocycles. The van der Waals surface area contributed by atoms with E-state index in [1.54, 1.807) is 0 Å². The predicted molar refractivity (Wildman–Crippen MR) is 114 cm³/mol. The van der Waals surface area contributed by atoms with Gasteiger partial charge in [0.15, 0.2) is 0 Å². The summed E-state index contributed by atoms with van der Waals surface area (Å²) < 4.78 is 6.19. The Balaban J connectivity index is 1.65. The highest BCUT2D eigenvalue weighted by Gasteiger charge is 2.07. The van der Waals surface area contributed by atoms with Crippen LogP contribution in [0.15, 0.2) is 79.1 Å². The van der Waals surface area contributed by atoms with E-state index in [1.807, 2.05) is 60.9 Å². The second-order valence-corrected chi connectivity index (χ2v) is 7.10. The van der Waals surface area contributed by atoms with Gasteiger partial charge in [0.25, 0.3) is 0 Å². The Labute approximate surface area is 165 Å². The van der Waals surface area contributed by atoms with Gasteiger partial charge < -0.3 is 4.74 Å². The number of aryl methyl sites for hydroxylation is 3. The van der Waals surface area contributed by atoms with E-state index < -0.39 is 0 Å². The first kappa shape index (κ1) is 17.9. The Morgan fingerprint density at radius 1 is 0.571 bits per heavy atom. The molecule has 0 fully saturated rings. The molecule has 0 saturated heterocycles. The van der Waals surface area contributed by atoms with Gasteiger partial charge in [-0.25, -0.2) is 0 Å². The zero-order valence-electron chi connectivity index (χ0n) is 16.3. The SMILES string of the molecule is Cc1cc(Oc2cccc(-c3cc(C)ccn3)c2)cc(-c2cc(C)ccn2)c1. The summed E-state index contributed by atoms with van der Waals surface area (Å²) in [6.45, 7) is 6.21. The van der Waals surface area contributed by atoms with Gasteiger partial charge >= 0.3 is 0 Å². The van der Waals surface area contributed by atoms with Crippen LogP contribution in [0.4, 0.5) is 0 Å². The second kappa shape index (κ2) is 7.65. The Morgan fingerprint density at radius 3 is 1.89 bits per heavy atom. The molecular formula is C25H22N2O. The first-order valence-corrected chi connectivity index (χ1v) is 9.32. The largest absolute Gasteiger partial charge is 0.457 e. The molecule has 0 spiro atoms. The van der Waals surface area contributed by atoms with E-state index in [-0.39, 0.29) is 0 Å². The van der Waals surface area contributed by atoms with Gasteiger partial charge in [-0.1, -0.05) is 12.1 Å². The fourth-order valence-corrected chi connectivity index (χ4v) is 3.20. The number of nitrogens with zero attached hydrogens (tertiary/aromatic N) is 2. The van der Waals surface area contributed by atoms with Crippen molar-refractivity contribution in [3.8, 4) is 34.0 Å². The molecule has 2 aromatic heterocycles. The smallest absolute Gasteiger partial charge is 0.128 e. The van der Waals surface area contributed by atoms with E-state index in [9.17, 15) is 0 Å². The van der Waals surface area contributed by atoms with E-state index in [1.165, 1.54) is 11.1 Å². The van der Waals surface area contributed by atoms with Crippen molar-refractivity contribution < 1.29 is 4.74 Å². The van der Waals surface area contributed by atoms with Crippen molar-refractivity contribution >= 4 is 0 Å². The summed E-state index contributed by atoms with van der Waals surface area (Å²) in [4.78, 5) is 8.97. The molecule has 0 amide bonds. The first-order valence-electron chi connectivity index (χ1n) is 9.32. The Morgan fingerprint density at radius 2 is 1.21 bits per heavy atom. The molecule has 28 heavy (non-hydrogen) atoms. The van der Waals surface area contributed by atoms with E-state index in [0.29, 0.717) is 0 Å². The van der Waals surface area contributed by atoms with Crippen LogP contribution in [0.1, 0.15) is 16.7 Å². The third kappa shape index (κ3) is 4.09. The van der Waals surface area contributed by atoms with Crippen LogP contribution in [-0.4, -0.2) is 9.97 Å². The predicted octanol–water partition coefficient (Wildman–Crippen LogP) is 6.53. The molecule has 0 saturated carbocycles. The van der Waals surface area contributed by atoms with Crippen molar-refractivity contribution in [3.63, 3.8) is 0 Å². The Hall–Kier alpha value is -3.46. The maximum atomic E-state index is 6.19. The average molecular weight is 366 g/mol. The molecule has 3 nitrogen and oxygen atoms in total. The summed E-state index contributed by atoms with van der Waals surface area (Å²) in [6.07, 6.45) is 3.67. The van der Waals surface area contributed by atoms with Crippen LogP contribution in [0.2, 0.25) is 0 Å². The fourth-order valence-electron chi connectivity index (χ4n) is 3.20. The van der Waals surface area contributed by atoms with Crippen LogP contribution >= 0.6 is 0 Å². The topological polar surface area (TPSA) is 35.0 Å². The van der Waals surface area contributed by atoms with E-state index in [0.717, 1.165) is 39.6 Å². The molecule has 4 rings (SSSR count). The Kier molecular flexibility index (Phi) is 4.90. The summed E-state index contributed by atoms with van der Waals surface area (Å²) >= 11 is 0. The average Bonchev–Trinajstić information content (AvgIpc) is 2.68. The van der Waals surface area contributed by atoms with Gasteiger partial charge in [-0.05, 0) is 92.1 Å². The monoisotopic (exact) mass is 366 g/mol. The second-order valence-electron chi connectivity index (χ2n) is 7.10. The number of rotatable bonds is 4. The lowest BCUT2D eigenvalue weighted by atomic mass is 10.1. The van der Waals surface area contributed by atoms with Crippen molar-refractivity contribution in [2.75, 3.05) is 0 Å². The third-order valence-electron chi connectivity index (χ3n) is 4.54. The standard InChI is InChI=1S/C25H22N2O/c1-17-7-9-26-24(13-17)20-5-4-6-22(15-20)28-23-12-19(3)11-21(16-23)25-14-18(2)8-10-27-25/h4-16H,1-3H3. The van der Waals surface area contributed by atoms with Crippen molar-refractivity contribution in [2.45, 2.75) is 20.8 Å². The highest BCUT2D eigenvalue weighted by atomic mass is 16.5. The van der Waals surface area contributed by atoms with Crippen molar-refractivity contribution in [1.82, 2.24) is 9.97 Å². The van der Waals surface area contributed by atoms with Crippen LogP contribution in [0, 0.1) is 20.8 Å². The molecule has 2 heterocycles. The van der Waals surface area contributed by atoms with Gasteiger partial charge in [-0.2, -0.15) is 0 Å². The normalized spacial score (nSPS) is 10.7.